The first-order valence-electron chi connectivity index (χ1n) is 10.8. The summed E-state index contributed by atoms with van der Waals surface area (Å²) in [6.45, 7) is 7.89. The van der Waals surface area contributed by atoms with E-state index < -0.39 is 0 Å². The van der Waals surface area contributed by atoms with Crippen LogP contribution in [0.25, 0.3) is 0 Å². The van der Waals surface area contributed by atoms with Gasteiger partial charge in [0.25, 0.3) is 0 Å². The van der Waals surface area contributed by atoms with Gasteiger partial charge in [-0.1, -0.05) is 61.5 Å². The molecule has 6 heteroatoms. The molecule has 0 saturated carbocycles. The highest BCUT2D eigenvalue weighted by Gasteiger charge is 2.06. The average molecular weight is 420 g/mol. The molecule has 31 heavy (non-hydrogen) atoms. The Labute approximate surface area is 185 Å². The zero-order valence-corrected chi connectivity index (χ0v) is 18.7. The van der Waals surface area contributed by atoms with Crippen LogP contribution in [-0.2, 0) is 24.4 Å². The number of hydrogen-bond acceptors (Lipinski definition) is 3. The van der Waals surface area contributed by atoms with Gasteiger partial charge in [-0.15, -0.1) is 0 Å². The molecule has 164 valence electrons. The van der Waals surface area contributed by atoms with E-state index in [1.807, 2.05) is 37.5 Å². The minimum absolute atomic E-state index is 0.379. The third kappa shape index (κ3) is 7.57. The van der Waals surface area contributed by atoms with Gasteiger partial charge in [-0.2, -0.15) is 0 Å². The number of benzene rings is 2. The summed E-state index contributed by atoms with van der Waals surface area (Å²) in [5.41, 5.74) is 3.68. The van der Waals surface area contributed by atoms with Gasteiger partial charge in [0.05, 0.1) is 13.2 Å². The molecule has 0 saturated heterocycles. The van der Waals surface area contributed by atoms with Crippen molar-refractivity contribution in [3.05, 3.63) is 89.5 Å². The molecule has 0 aliphatic carbocycles. The first-order chi connectivity index (χ1) is 15.1. The summed E-state index contributed by atoms with van der Waals surface area (Å²) < 4.78 is 7.98. The normalized spacial score (nSPS) is 12.5. The highest BCUT2D eigenvalue weighted by Crippen LogP contribution is 2.09. The van der Waals surface area contributed by atoms with Crippen molar-refractivity contribution in [1.29, 1.82) is 0 Å². The van der Waals surface area contributed by atoms with E-state index in [1.165, 1.54) is 16.7 Å². The Hall–Kier alpha value is -3.12. The van der Waals surface area contributed by atoms with E-state index in [2.05, 4.69) is 68.5 Å². The van der Waals surface area contributed by atoms with E-state index >= 15 is 0 Å². The minimum Gasteiger partial charge on any atom is -0.376 e. The number of aliphatic imine (C=N–C) groups is 1. The second-order valence-electron chi connectivity index (χ2n) is 7.83. The molecule has 0 fully saturated rings. The lowest BCUT2D eigenvalue weighted by molar-refractivity contribution is 0.0931. The summed E-state index contributed by atoms with van der Waals surface area (Å²) in [7, 11) is 1.80. The molecule has 2 aromatic carbocycles. The highest BCUT2D eigenvalue weighted by molar-refractivity contribution is 5.79. The number of hydrogen-bond donors (Lipinski definition) is 2. The van der Waals surface area contributed by atoms with Crippen LogP contribution in [0.15, 0.2) is 72.0 Å². The maximum absolute atomic E-state index is 5.83. The minimum atomic E-state index is 0.379. The van der Waals surface area contributed by atoms with Crippen LogP contribution in [0.2, 0.25) is 0 Å². The summed E-state index contributed by atoms with van der Waals surface area (Å²) in [5, 5.41) is 6.79. The number of aryl methyl sites for hydroxylation is 1. The van der Waals surface area contributed by atoms with Gasteiger partial charge in [-0.05, 0) is 29.5 Å². The zero-order valence-electron chi connectivity index (χ0n) is 18.7. The molecular formula is C25H33N5O. The molecule has 6 nitrogen and oxygen atoms in total. The second kappa shape index (κ2) is 11.9. The van der Waals surface area contributed by atoms with Crippen LogP contribution in [0.3, 0.4) is 0 Å². The first-order valence-corrected chi connectivity index (χ1v) is 10.8. The zero-order chi connectivity index (χ0) is 21.9. The monoisotopic (exact) mass is 419 g/mol. The standard InChI is InChI=1S/C25H33N5O/c1-20(18-31-19-22-8-5-4-6-9-22)15-28-25(26-3)29-16-23-10-7-11-24(14-23)17-30-13-12-27-21(30)2/h4-14,20H,15-19H2,1-3H3,(H2,26,28,29). The van der Waals surface area contributed by atoms with Gasteiger partial charge in [-0.3, -0.25) is 4.99 Å². The number of aromatic nitrogens is 2. The van der Waals surface area contributed by atoms with Crippen LogP contribution in [0.1, 0.15) is 29.4 Å². The van der Waals surface area contributed by atoms with E-state index in [1.54, 1.807) is 7.05 Å². The van der Waals surface area contributed by atoms with Crippen molar-refractivity contribution in [1.82, 2.24) is 20.2 Å². The molecule has 1 heterocycles. The quantitative estimate of drug-likeness (QED) is 0.388. The highest BCUT2D eigenvalue weighted by atomic mass is 16.5. The van der Waals surface area contributed by atoms with Crippen LogP contribution in [0.4, 0.5) is 0 Å². The lowest BCUT2D eigenvalue weighted by atomic mass is 10.1. The van der Waals surface area contributed by atoms with Crippen LogP contribution in [-0.4, -0.2) is 35.7 Å². The lowest BCUT2D eigenvalue weighted by Gasteiger charge is -2.16. The molecule has 0 radical (unpaired) electrons. The maximum atomic E-state index is 5.83. The molecule has 1 atom stereocenters. The Kier molecular flexibility index (Phi) is 8.67. The number of guanidine groups is 1. The topological polar surface area (TPSA) is 63.5 Å². The van der Waals surface area contributed by atoms with E-state index in [4.69, 9.17) is 4.74 Å². The largest absolute Gasteiger partial charge is 0.376 e. The Morgan fingerprint density at radius 3 is 2.58 bits per heavy atom. The summed E-state index contributed by atoms with van der Waals surface area (Å²) in [5.74, 6) is 2.20. The van der Waals surface area contributed by atoms with Gasteiger partial charge in [0.15, 0.2) is 5.96 Å². The lowest BCUT2D eigenvalue weighted by Crippen LogP contribution is -2.39. The van der Waals surface area contributed by atoms with Crippen molar-refractivity contribution in [2.24, 2.45) is 10.9 Å². The summed E-state index contributed by atoms with van der Waals surface area (Å²) >= 11 is 0. The van der Waals surface area contributed by atoms with Crippen molar-refractivity contribution in [3.8, 4) is 0 Å². The summed E-state index contributed by atoms with van der Waals surface area (Å²) in [6, 6.07) is 18.9. The molecule has 1 unspecified atom stereocenters. The molecule has 3 aromatic rings. The summed E-state index contributed by atoms with van der Waals surface area (Å²) in [4.78, 5) is 8.63. The van der Waals surface area contributed by atoms with Crippen molar-refractivity contribution >= 4 is 5.96 Å². The van der Waals surface area contributed by atoms with Crippen molar-refractivity contribution < 1.29 is 4.74 Å². The number of nitrogens with one attached hydrogen (secondary N) is 2. The molecule has 1 aromatic heterocycles. The van der Waals surface area contributed by atoms with Crippen molar-refractivity contribution in [2.75, 3.05) is 20.2 Å². The predicted molar refractivity (Wildman–Crippen MR) is 126 cm³/mol. The number of imidazole rings is 1. The van der Waals surface area contributed by atoms with E-state index in [0.717, 1.165) is 31.4 Å². The Morgan fingerprint density at radius 2 is 1.84 bits per heavy atom. The molecule has 0 aliphatic heterocycles. The number of nitrogens with zero attached hydrogens (tertiary/aromatic N) is 3. The fourth-order valence-electron chi connectivity index (χ4n) is 3.29. The van der Waals surface area contributed by atoms with Gasteiger partial charge in [-0.25, -0.2) is 4.98 Å². The summed E-state index contributed by atoms with van der Waals surface area (Å²) in [6.07, 6.45) is 3.85. The Morgan fingerprint density at radius 1 is 1.06 bits per heavy atom. The fourth-order valence-corrected chi connectivity index (χ4v) is 3.29. The third-order valence-electron chi connectivity index (χ3n) is 5.08. The van der Waals surface area contributed by atoms with E-state index in [9.17, 15) is 0 Å². The Balaban J connectivity index is 1.40. The molecule has 0 bridgehead atoms. The fraction of sp³-hybridized carbons (Fsp3) is 0.360. The molecule has 2 N–H and O–H groups in total. The average Bonchev–Trinajstić information content (AvgIpc) is 3.19. The van der Waals surface area contributed by atoms with E-state index in [0.29, 0.717) is 19.1 Å². The molecule has 0 amide bonds. The maximum Gasteiger partial charge on any atom is 0.191 e. The van der Waals surface area contributed by atoms with Crippen molar-refractivity contribution in [2.45, 2.75) is 33.5 Å². The van der Waals surface area contributed by atoms with Gasteiger partial charge < -0.3 is 19.9 Å². The number of ether oxygens (including phenoxy) is 1. The smallest absolute Gasteiger partial charge is 0.191 e. The van der Waals surface area contributed by atoms with Crippen LogP contribution in [0.5, 0.6) is 0 Å². The molecular weight excluding hydrogens is 386 g/mol. The number of rotatable bonds is 10. The van der Waals surface area contributed by atoms with E-state index in [-0.39, 0.29) is 0 Å². The van der Waals surface area contributed by atoms with Gasteiger partial charge in [0.1, 0.15) is 5.82 Å². The van der Waals surface area contributed by atoms with Crippen molar-refractivity contribution in [3.63, 3.8) is 0 Å². The SMILES string of the molecule is CN=C(NCc1cccc(Cn2ccnc2C)c1)NCC(C)COCc1ccccc1. The van der Waals surface area contributed by atoms with Crippen LogP contribution >= 0.6 is 0 Å². The van der Waals surface area contributed by atoms with Crippen LogP contribution in [0, 0.1) is 12.8 Å². The second-order valence-corrected chi connectivity index (χ2v) is 7.83. The molecule has 0 aliphatic rings. The van der Waals surface area contributed by atoms with Gasteiger partial charge in [0.2, 0.25) is 0 Å². The predicted octanol–water partition coefficient (Wildman–Crippen LogP) is 3.76. The molecule has 3 rings (SSSR count). The van der Waals surface area contributed by atoms with Crippen LogP contribution < -0.4 is 10.6 Å². The first kappa shape index (κ1) is 22.6. The van der Waals surface area contributed by atoms with Gasteiger partial charge in [0, 0.05) is 39.1 Å². The third-order valence-corrected chi connectivity index (χ3v) is 5.08. The molecule has 0 spiro atoms. The Bertz CT molecular complexity index is 951. The van der Waals surface area contributed by atoms with Gasteiger partial charge >= 0.3 is 0 Å².